The van der Waals surface area contributed by atoms with E-state index >= 15 is 0 Å². The van der Waals surface area contributed by atoms with Crippen LogP contribution < -0.4 is 10.6 Å². The molecule has 3 nitrogen and oxygen atoms in total. The number of carbonyl (C=O) groups is 1. The highest BCUT2D eigenvalue weighted by Crippen LogP contribution is 2.04. The van der Waals surface area contributed by atoms with E-state index < -0.39 is 0 Å². The Labute approximate surface area is 84.5 Å². The van der Waals surface area contributed by atoms with Gasteiger partial charge in [-0.05, 0) is 18.7 Å². The second-order valence-electron chi connectivity index (χ2n) is 3.02. The topological polar surface area (TPSA) is 41.1 Å². The number of rotatable bonds is 5. The predicted molar refractivity (Wildman–Crippen MR) is 58.2 cm³/mol. The van der Waals surface area contributed by atoms with E-state index in [1.54, 1.807) is 0 Å². The van der Waals surface area contributed by atoms with Crippen LogP contribution >= 0.6 is 0 Å². The molecule has 2 N–H and O–H groups in total. The summed E-state index contributed by atoms with van der Waals surface area (Å²) in [6.07, 6.45) is 0.517. The van der Waals surface area contributed by atoms with Crippen LogP contribution in [0, 0.1) is 0 Å². The summed E-state index contributed by atoms with van der Waals surface area (Å²) in [4.78, 5) is 11.3. The molecule has 76 valence electrons. The molecule has 1 rings (SSSR count). The summed E-state index contributed by atoms with van der Waals surface area (Å²) >= 11 is 0. The molecule has 0 saturated heterocycles. The Kier molecular flexibility index (Phi) is 4.72. The van der Waals surface area contributed by atoms with Crippen molar-refractivity contribution in [1.29, 1.82) is 0 Å². The molecule has 0 aliphatic carbocycles. The highest BCUT2D eigenvalue weighted by molar-refractivity contribution is 5.90. The van der Waals surface area contributed by atoms with Gasteiger partial charge >= 0.3 is 0 Å². The maximum Gasteiger partial charge on any atom is 0.225 e. The van der Waals surface area contributed by atoms with Gasteiger partial charge in [-0.2, -0.15) is 0 Å². The zero-order valence-corrected chi connectivity index (χ0v) is 8.42. The van der Waals surface area contributed by atoms with Crippen molar-refractivity contribution >= 4 is 11.6 Å². The number of hydrogen-bond donors (Lipinski definition) is 2. The fourth-order valence-corrected chi connectivity index (χ4v) is 1.12. The average Bonchev–Trinajstić information content (AvgIpc) is 2.20. The molecule has 0 aromatic heterocycles. The largest absolute Gasteiger partial charge is 0.326 e. The Bertz CT molecular complexity index is 272. The quantitative estimate of drug-likeness (QED) is 0.696. The molecule has 0 atom stereocenters. The Hall–Kier alpha value is -1.35. The van der Waals surface area contributed by atoms with Gasteiger partial charge in [0.05, 0.1) is 0 Å². The van der Waals surface area contributed by atoms with Crippen LogP contribution in [0.4, 0.5) is 5.69 Å². The number of nitrogens with one attached hydrogen (secondary N) is 2. The summed E-state index contributed by atoms with van der Waals surface area (Å²) in [5.74, 6) is 0.0529. The van der Waals surface area contributed by atoms with Crippen molar-refractivity contribution in [3.05, 3.63) is 30.3 Å². The molecule has 0 spiro atoms. The van der Waals surface area contributed by atoms with Crippen LogP contribution in [0.2, 0.25) is 0 Å². The Morgan fingerprint density at radius 3 is 2.64 bits per heavy atom. The van der Waals surface area contributed by atoms with Gasteiger partial charge in [0.1, 0.15) is 0 Å². The molecule has 1 aromatic carbocycles. The van der Waals surface area contributed by atoms with E-state index in [9.17, 15) is 4.79 Å². The lowest BCUT2D eigenvalue weighted by Gasteiger charge is -2.04. The van der Waals surface area contributed by atoms with Crippen LogP contribution in [-0.2, 0) is 4.79 Å². The molecule has 0 radical (unpaired) electrons. The molecule has 14 heavy (non-hydrogen) atoms. The van der Waals surface area contributed by atoms with Crippen molar-refractivity contribution < 1.29 is 4.79 Å². The van der Waals surface area contributed by atoms with Gasteiger partial charge in [0.2, 0.25) is 5.91 Å². The second-order valence-corrected chi connectivity index (χ2v) is 3.02. The fraction of sp³-hybridized carbons (Fsp3) is 0.364. The van der Waals surface area contributed by atoms with Crippen LogP contribution in [0.5, 0.6) is 0 Å². The lowest BCUT2D eigenvalue weighted by molar-refractivity contribution is -0.116. The minimum atomic E-state index is 0.0529. The lowest BCUT2D eigenvalue weighted by atomic mass is 10.3. The van der Waals surface area contributed by atoms with E-state index in [1.807, 2.05) is 37.3 Å². The molecule has 0 fully saturated rings. The fourth-order valence-electron chi connectivity index (χ4n) is 1.12. The Morgan fingerprint density at radius 2 is 2.00 bits per heavy atom. The average molecular weight is 192 g/mol. The van der Waals surface area contributed by atoms with Crippen molar-refractivity contribution in [3.63, 3.8) is 0 Å². The van der Waals surface area contributed by atoms with Gasteiger partial charge in [-0.3, -0.25) is 4.79 Å². The molecule has 1 amide bonds. The molecular weight excluding hydrogens is 176 g/mol. The van der Waals surface area contributed by atoms with Crippen molar-refractivity contribution in [2.75, 3.05) is 18.4 Å². The van der Waals surface area contributed by atoms with Gasteiger partial charge in [0.15, 0.2) is 0 Å². The van der Waals surface area contributed by atoms with E-state index in [4.69, 9.17) is 0 Å². The molecule has 0 aliphatic rings. The number of hydrogen-bond acceptors (Lipinski definition) is 2. The lowest BCUT2D eigenvalue weighted by Crippen LogP contribution is -2.21. The first-order valence-corrected chi connectivity index (χ1v) is 4.88. The van der Waals surface area contributed by atoms with Gasteiger partial charge in [-0.1, -0.05) is 25.1 Å². The smallest absolute Gasteiger partial charge is 0.225 e. The molecular formula is C11H16N2O. The first kappa shape index (κ1) is 10.7. The van der Waals surface area contributed by atoms with Gasteiger partial charge in [-0.15, -0.1) is 0 Å². The van der Waals surface area contributed by atoms with Crippen LogP contribution in [0.25, 0.3) is 0 Å². The Morgan fingerprint density at radius 1 is 1.29 bits per heavy atom. The first-order valence-electron chi connectivity index (χ1n) is 4.88. The molecule has 0 heterocycles. The second kappa shape index (κ2) is 6.16. The number of anilines is 1. The van der Waals surface area contributed by atoms with Gasteiger partial charge in [0.25, 0.3) is 0 Å². The maximum absolute atomic E-state index is 11.3. The van der Waals surface area contributed by atoms with E-state index in [2.05, 4.69) is 10.6 Å². The van der Waals surface area contributed by atoms with Crippen LogP contribution in [-0.4, -0.2) is 19.0 Å². The van der Waals surface area contributed by atoms with E-state index in [0.29, 0.717) is 6.42 Å². The third-order valence-electron chi connectivity index (χ3n) is 1.84. The third kappa shape index (κ3) is 4.05. The first-order chi connectivity index (χ1) is 6.83. The maximum atomic E-state index is 11.3. The van der Waals surface area contributed by atoms with Crippen LogP contribution in [0.3, 0.4) is 0 Å². The number of benzene rings is 1. The van der Waals surface area contributed by atoms with Crippen molar-refractivity contribution in [1.82, 2.24) is 5.32 Å². The van der Waals surface area contributed by atoms with Crippen molar-refractivity contribution in [2.45, 2.75) is 13.3 Å². The standard InChI is InChI=1S/C11H16N2O/c1-2-12-9-8-11(14)13-10-6-4-3-5-7-10/h3-7,12H,2,8-9H2,1H3,(H,13,14). The SMILES string of the molecule is CCNCCC(=O)Nc1ccccc1. The highest BCUT2D eigenvalue weighted by Gasteiger charge is 1.99. The summed E-state index contributed by atoms with van der Waals surface area (Å²) in [6, 6.07) is 9.49. The number of carbonyl (C=O) groups excluding carboxylic acids is 1. The zero-order valence-electron chi connectivity index (χ0n) is 8.42. The Balaban J connectivity index is 2.27. The monoisotopic (exact) mass is 192 g/mol. The summed E-state index contributed by atoms with van der Waals surface area (Å²) in [5.41, 5.74) is 0.856. The van der Waals surface area contributed by atoms with Crippen LogP contribution in [0.15, 0.2) is 30.3 Å². The summed E-state index contributed by atoms with van der Waals surface area (Å²) in [5, 5.41) is 5.93. The van der Waals surface area contributed by atoms with Gasteiger partial charge in [-0.25, -0.2) is 0 Å². The van der Waals surface area contributed by atoms with E-state index in [1.165, 1.54) is 0 Å². The minimum Gasteiger partial charge on any atom is -0.326 e. The zero-order chi connectivity index (χ0) is 10.2. The number of para-hydroxylation sites is 1. The molecule has 0 saturated carbocycles. The van der Waals surface area contributed by atoms with Crippen molar-refractivity contribution in [2.24, 2.45) is 0 Å². The van der Waals surface area contributed by atoms with Gasteiger partial charge in [0, 0.05) is 18.7 Å². The molecule has 1 aromatic rings. The molecule has 0 unspecified atom stereocenters. The van der Waals surface area contributed by atoms with Crippen LogP contribution in [0.1, 0.15) is 13.3 Å². The molecule has 0 aliphatic heterocycles. The normalized spacial score (nSPS) is 9.79. The summed E-state index contributed by atoms with van der Waals surface area (Å²) in [6.45, 7) is 3.66. The van der Waals surface area contributed by atoms with Crippen molar-refractivity contribution in [3.8, 4) is 0 Å². The highest BCUT2D eigenvalue weighted by atomic mass is 16.1. The van der Waals surface area contributed by atoms with Gasteiger partial charge < -0.3 is 10.6 Å². The molecule has 3 heteroatoms. The summed E-state index contributed by atoms with van der Waals surface area (Å²) in [7, 11) is 0. The third-order valence-corrected chi connectivity index (χ3v) is 1.84. The summed E-state index contributed by atoms with van der Waals surface area (Å²) < 4.78 is 0. The number of amides is 1. The minimum absolute atomic E-state index is 0.0529. The molecule has 0 bridgehead atoms. The van der Waals surface area contributed by atoms with E-state index in [0.717, 1.165) is 18.8 Å². The van der Waals surface area contributed by atoms with E-state index in [-0.39, 0.29) is 5.91 Å². The predicted octanol–water partition coefficient (Wildman–Crippen LogP) is 1.62.